The number of halogens is 1. The second-order valence-corrected chi connectivity index (χ2v) is 7.01. The molecule has 0 radical (unpaired) electrons. The molecule has 2 atom stereocenters. The van der Waals surface area contributed by atoms with Gasteiger partial charge in [-0.1, -0.05) is 26.0 Å². The zero-order valence-electron chi connectivity index (χ0n) is 12.9. The van der Waals surface area contributed by atoms with E-state index in [0.29, 0.717) is 0 Å². The van der Waals surface area contributed by atoms with Gasteiger partial charge in [-0.15, -0.1) is 0 Å². The topological polar surface area (TPSA) is 30.9 Å². The second kappa shape index (κ2) is 4.99. The van der Waals surface area contributed by atoms with Crippen LogP contribution < -0.4 is 5.73 Å². The van der Waals surface area contributed by atoms with Gasteiger partial charge in [-0.05, 0) is 54.5 Å². The van der Waals surface area contributed by atoms with Crippen molar-refractivity contribution in [3.05, 3.63) is 59.2 Å². The Morgan fingerprint density at radius 3 is 2.81 bits per heavy atom. The molecule has 1 heterocycles. The van der Waals surface area contributed by atoms with Gasteiger partial charge in [0.1, 0.15) is 5.82 Å². The van der Waals surface area contributed by atoms with Crippen molar-refractivity contribution in [3.8, 4) is 0 Å². The van der Waals surface area contributed by atoms with Crippen LogP contribution in [0.1, 0.15) is 56.1 Å². The van der Waals surface area contributed by atoms with E-state index < -0.39 is 0 Å². The van der Waals surface area contributed by atoms with E-state index in [1.807, 2.05) is 6.07 Å². The smallest absolute Gasteiger partial charge is 0.123 e. The SMILES string of the molecule is CC(c1cccc(F)c1)n1ccc2c1CC(C)(C)CC2N. The Morgan fingerprint density at radius 2 is 2.10 bits per heavy atom. The van der Waals surface area contributed by atoms with E-state index in [9.17, 15) is 4.39 Å². The number of hydrogen-bond acceptors (Lipinski definition) is 1. The van der Waals surface area contributed by atoms with Crippen LogP contribution in [0.15, 0.2) is 36.5 Å². The molecule has 2 N–H and O–H groups in total. The predicted octanol–water partition coefficient (Wildman–Crippen LogP) is 4.21. The molecule has 1 aromatic carbocycles. The molecule has 0 saturated heterocycles. The predicted molar refractivity (Wildman–Crippen MR) is 83.7 cm³/mol. The van der Waals surface area contributed by atoms with Gasteiger partial charge in [-0.2, -0.15) is 0 Å². The summed E-state index contributed by atoms with van der Waals surface area (Å²) in [6.07, 6.45) is 4.13. The lowest BCUT2D eigenvalue weighted by Crippen LogP contribution is -2.31. The molecule has 1 aromatic heterocycles. The molecule has 0 saturated carbocycles. The Hall–Kier alpha value is -1.61. The van der Waals surface area contributed by atoms with Gasteiger partial charge in [0.05, 0.1) is 6.04 Å². The minimum atomic E-state index is -0.183. The Balaban J connectivity index is 2.01. The third kappa shape index (κ3) is 2.62. The molecule has 3 heteroatoms. The summed E-state index contributed by atoms with van der Waals surface area (Å²) in [6.45, 7) is 6.64. The van der Waals surface area contributed by atoms with Crippen molar-refractivity contribution in [2.45, 2.75) is 45.7 Å². The zero-order valence-corrected chi connectivity index (χ0v) is 12.9. The second-order valence-electron chi connectivity index (χ2n) is 7.01. The number of fused-ring (bicyclic) bond motifs is 1. The van der Waals surface area contributed by atoms with E-state index >= 15 is 0 Å². The lowest BCUT2D eigenvalue weighted by molar-refractivity contribution is 0.274. The van der Waals surface area contributed by atoms with Crippen molar-refractivity contribution in [1.29, 1.82) is 0 Å². The normalized spacial score (nSPS) is 21.9. The molecule has 3 rings (SSSR count). The molecule has 0 bridgehead atoms. The average molecular weight is 286 g/mol. The average Bonchev–Trinajstić information content (AvgIpc) is 2.80. The molecular formula is C18H23FN2. The standard InChI is InChI=1S/C18H23FN2/c1-12(13-5-4-6-14(19)9-13)21-8-7-15-16(20)10-18(2,3)11-17(15)21/h4-9,12,16H,10-11,20H2,1-3H3. The van der Waals surface area contributed by atoms with Gasteiger partial charge in [0.2, 0.25) is 0 Å². The fraction of sp³-hybridized carbons (Fsp3) is 0.444. The van der Waals surface area contributed by atoms with Gasteiger partial charge in [0.15, 0.2) is 0 Å². The van der Waals surface area contributed by atoms with Crippen LogP contribution in [0.2, 0.25) is 0 Å². The molecular weight excluding hydrogens is 263 g/mol. The summed E-state index contributed by atoms with van der Waals surface area (Å²) in [5.74, 6) is -0.183. The van der Waals surface area contributed by atoms with Gasteiger partial charge in [0, 0.05) is 17.9 Å². The first-order chi connectivity index (χ1) is 9.87. The van der Waals surface area contributed by atoms with Gasteiger partial charge >= 0.3 is 0 Å². The molecule has 0 fully saturated rings. The molecule has 2 unspecified atom stereocenters. The Bertz CT molecular complexity index is 657. The largest absolute Gasteiger partial charge is 0.344 e. The third-order valence-corrected chi connectivity index (χ3v) is 4.63. The van der Waals surface area contributed by atoms with Gasteiger partial charge in [-0.3, -0.25) is 0 Å². The van der Waals surface area contributed by atoms with Crippen LogP contribution in [0.5, 0.6) is 0 Å². The highest BCUT2D eigenvalue weighted by Gasteiger charge is 2.33. The van der Waals surface area contributed by atoms with E-state index in [1.165, 1.54) is 17.3 Å². The van der Waals surface area contributed by atoms with Crippen LogP contribution in [0.4, 0.5) is 4.39 Å². The summed E-state index contributed by atoms with van der Waals surface area (Å²) in [5, 5.41) is 0. The van der Waals surface area contributed by atoms with Crippen LogP contribution in [-0.4, -0.2) is 4.57 Å². The first-order valence-electron chi connectivity index (χ1n) is 7.58. The van der Waals surface area contributed by atoms with E-state index in [4.69, 9.17) is 5.73 Å². The number of rotatable bonds is 2. The first-order valence-corrected chi connectivity index (χ1v) is 7.58. The minimum Gasteiger partial charge on any atom is -0.344 e. The quantitative estimate of drug-likeness (QED) is 0.881. The highest BCUT2D eigenvalue weighted by Crippen LogP contribution is 2.41. The highest BCUT2D eigenvalue weighted by atomic mass is 19.1. The molecule has 2 nitrogen and oxygen atoms in total. The van der Waals surface area contributed by atoms with Crippen LogP contribution in [0.3, 0.4) is 0 Å². The number of nitrogens with zero attached hydrogens (tertiary/aromatic N) is 1. The molecule has 2 aromatic rings. The summed E-state index contributed by atoms with van der Waals surface area (Å²) in [4.78, 5) is 0. The maximum absolute atomic E-state index is 13.5. The van der Waals surface area contributed by atoms with E-state index in [2.05, 4.69) is 37.6 Å². The molecule has 0 amide bonds. The lowest BCUT2D eigenvalue weighted by Gasteiger charge is -2.35. The minimum absolute atomic E-state index is 0.102. The third-order valence-electron chi connectivity index (χ3n) is 4.63. The van der Waals surface area contributed by atoms with Crippen molar-refractivity contribution in [2.75, 3.05) is 0 Å². The molecule has 0 aliphatic heterocycles. The fourth-order valence-corrected chi connectivity index (χ4v) is 3.55. The van der Waals surface area contributed by atoms with E-state index in [-0.39, 0.29) is 23.3 Å². The van der Waals surface area contributed by atoms with Gasteiger partial charge < -0.3 is 10.3 Å². The van der Waals surface area contributed by atoms with Crippen LogP contribution in [0.25, 0.3) is 0 Å². The Morgan fingerprint density at radius 1 is 1.33 bits per heavy atom. The van der Waals surface area contributed by atoms with Crippen molar-refractivity contribution in [2.24, 2.45) is 11.1 Å². The highest BCUT2D eigenvalue weighted by molar-refractivity contribution is 5.32. The van der Waals surface area contributed by atoms with Crippen molar-refractivity contribution in [1.82, 2.24) is 4.57 Å². The number of benzene rings is 1. The maximum Gasteiger partial charge on any atom is 0.123 e. The zero-order chi connectivity index (χ0) is 15.2. The number of aromatic nitrogens is 1. The monoisotopic (exact) mass is 286 g/mol. The van der Waals surface area contributed by atoms with Gasteiger partial charge in [-0.25, -0.2) is 4.39 Å². The molecule has 1 aliphatic carbocycles. The maximum atomic E-state index is 13.5. The van der Waals surface area contributed by atoms with Crippen molar-refractivity contribution in [3.63, 3.8) is 0 Å². The molecule has 112 valence electrons. The first kappa shape index (κ1) is 14.3. The summed E-state index contributed by atoms with van der Waals surface area (Å²) in [5.41, 5.74) is 10.1. The fourth-order valence-electron chi connectivity index (χ4n) is 3.55. The van der Waals surface area contributed by atoms with Crippen molar-refractivity contribution >= 4 is 0 Å². The summed E-state index contributed by atoms with van der Waals surface area (Å²) in [7, 11) is 0. The van der Waals surface area contributed by atoms with Crippen LogP contribution in [-0.2, 0) is 6.42 Å². The van der Waals surface area contributed by atoms with Crippen LogP contribution >= 0.6 is 0 Å². The van der Waals surface area contributed by atoms with Crippen molar-refractivity contribution < 1.29 is 4.39 Å². The molecule has 1 aliphatic rings. The molecule has 0 spiro atoms. The summed E-state index contributed by atoms with van der Waals surface area (Å²) < 4.78 is 15.7. The number of nitrogens with two attached hydrogens (primary N) is 1. The van der Waals surface area contributed by atoms with E-state index in [0.717, 1.165) is 18.4 Å². The summed E-state index contributed by atoms with van der Waals surface area (Å²) in [6, 6.07) is 9.20. The molecule has 21 heavy (non-hydrogen) atoms. The Kier molecular flexibility index (Phi) is 3.40. The van der Waals surface area contributed by atoms with Gasteiger partial charge in [0.25, 0.3) is 0 Å². The number of hydrogen-bond donors (Lipinski definition) is 1. The Labute approximate surface area is 125 Å². The van der Waals surface area contributed by atoms with E-state index in [1.54, 1.807) is 12.1 Å². The lowest BCUT2D eigenvalue weighted by atomic mass is 9.74. The van der Waals surface area contributed by atoms with Crippen LogP contribution in [0, 0.1) is 11.2 Å². The summed E-state index contributed by atoms with van der Waals surface area (Å²) >= 11 is 0.